The molecule has 0 saturated heterocycles. The van der Waals surface area contributed by atoms with Crippen LogP contribution >= 0.6 is 34.7 Å². The van der Waals surface area contributed by atoms with E-state index in [0.717, 1.165) is 12.0 Å². The Hall–Kier alpha value is -2.16. The number of rotatable bonds is 8. The van der Waals surface area contributed by atoms with Gasteiger partial charge < -0.3 is 10.6 Å². The molecule has 0 atom stereocenters. The fourth-order valence-corrected chi connectivity index (χ4v) is 3.91. The third kappa shape index (κ3) is 6.50. The molecule has 27 heavy (non-hydrogen) atoms. The molecule has 3 rings (SSSR count). The molecular formula is C18H16ClFN4OS2. The highest BCUT2D eigenvalue weighted by Gasteiger charge is 2.08. The van der Waals surface area contributed by atoms with Crippen LogP contribution in [0, 0.1) is 5.82 Å². The third-order valence-electron chi connectivity index (χ3n) is 3.46. The van der Waals surface area contributed by atoms with Crippen LogP contribution in [0.1, 0.15) is 5.56 Å². The predicted octanol–water partition coefficient (Wildman–Crippen LogP) is 4.53. The maximum atomic E-state index is 13.2. The van der Waals surface area contributed by atoms with Crippen molar-refractivity contribution in [3.05, 3.63) is 64.9 Å². The van der Waals surface area contributed by atoms with Crippen molar-refractivity contribution in [3.63, 3.8) is 0 Å². The maximum absolute atomic E-state index is 13.2. The summed E-state index contributed by atoms with van der Waals surface area (Å²) in [4.78, 5) is 11.9. The minimum Gasteiger partial charge on any atom is -0.355 e. The molecule has 2 N–H and O–H groups in total. The van der Waals surface area contributed by atoms with Gasteiger partial charge in [0, 0.05) is 17.3 Å². The molecule has 3 aromatic rings. The molecule has 1 heterocycles. The second-order valence-corrected chi connectivity index (χ2v) is 8.16. The highest BCUT2D eigenvalue weighted by molar-refractivity contribution is 8.01. The summed E-state index contributed by atoms with van der Waals surface area (Å²) in [6.07, 6.45) is 0.744. The van der Waals surface area contributed by atoms with Crippen molar-refractivity contribution in [1.82, 2.24) is 15.5 Å². The first-order valence-electron chi connectivity index (χ1n) is 8.08. The molecule has 1 amide bonds. The van der Waals surface area contributed by atoms with Crippen molar-refractivity contribution < 1.29 is 9.18 Å². The standard InChI is InChI=1S/C18H16ClFN4OS2/c19-13-6-4-12(5-7-13)8-9-21-16(25)11-26-18-24-23-17(27-18)22-15-3-1-2-14(20)10-15/h1-7,10H,8-9,11H2,(H,21,25)(H,22,23). The zero-order valence-corrected chi connectivity index (χ0v) is 16.5. The number of anilines is 2. The lowest BCUT2D eigenvalue weighted by Gasteiger charge is -2.04. The molecule has 0 saturated carbocycles. The first-order valence-corrected chi connectivity index (χ1v) is 10.3. The van der Waals surface area contributed by atoms with E-state index in [2.05, 4.69) is 20.8 Å². The molecule has 0 aliphatic carbocycles. The minimum atomic E-state index is -0.325. The second kappa shape index (κ2) is 9.68. The van der Waals surface area contributed by atoms with Gasteiger partial charge in [-0.05, 0) is 42.3 Å². The molecule has 0 aliphatic heterocycles. The first kappa shape index (κ1) is 19.6. The summed E-state index contributed by atoms with van der Waals surface area (Å²) in [5.74, 6) is -0.131. The van der Waals surface area contributed by atoms with Crippen molar-refractivity contribution in [2.45, 2.75) is 10.8 Å². The van der Waals surface area contributed by atoms with E-state index >= 15 is 0 Å². The summed E-state index contributed by atoms with van der Waals surface area (Å²) in [6, 6.07) is 13.7. The first-order chi connectivity index (χ1) is 13.1. The van der Waals surface area contributed by atoms with Gasteiger partial charge in [-0.15, -0.1) is 10.2 Å². The Morgan fingerprint density at radius 2 is 2.00 bits per heavy atom. The Kier molecular flexibility index (Phi) is 7.03. The van der Waals surface area contributed by atoms with E-state index in [1.807, 2.05) is 24.3 Å². The number of hydrogen-bond donors (Lipinski definition) is 2. The molecule has 9 heteroatoms. The summed E-state index contributed by atoms with van der Waals surface area (Å²) < 4.78 is 13.9. The molecule has 0 aliphatic rings. The van der Waals surface area contributed by atoms with Gasteiger partial charge in [-0.3, -0.25) is 4.79 Å². The smallest absolute Gasteiger partial charge is 0.230 e. The van der Waals surface area contributed by atoms with Crippen LogP contribution in [0.5, 0.6) is 0 Å². The lowest BCUT2D eigenvalue weighted by molar-refractivity contribution is -0.118. The van der Waals surface area contributed by atoms with E-state index < -0.39 is 0 Å². The molecule has 5 nitrogen and oxygen atoms in total. The number of halogens is 2. The van der Waals surface area contributed by atoms with Gasteiger partial charge in [-0.1, -0.05) is 52.9 Å². The van der Waals surface area contributed by atoms with Crippen LogP contribution in [-0.4, -0.2) is 28.4 Å². The van der Waals surface area contributed by atoms with Crippen molar-refractivity contribution >= 4 is 51.4 Å². The van der Waals surface area contributed by atoms with Gasteiger partial charge in [0.2, 0.25) is 11.0 Å². The fourth-order valence-electron chi connectivity index (χ4n) is 2.18. The number of hydrogen-bond acceptors (Lipinski definition) is 6. The van der Waals surface area contributed by atoms with Gasteiger partial charge >= 0.3 is 0 Å². The highest BCUT2D eigenvalue weighted by Crippen LogP contribution is 2.27. The van der Waals surface area contributed by atoms with Crippen molar-refractivity contribution in [2.75, 3.05) is 17.6 Å². The van der Waals surface area contributed by atoms with Gasteiger partial charge in [0.15, 0.2) is 4.34 Å². The third-order valence-corrected chi connectivity index (χ3v) is 5.68. The van der Waals surface area contributed by atoms with Crippen LogP contribution in [0.15, 0.2) is 52.9 Å². The molecule has 0 bridgehead atoms. The zero-order valence-electron chi connectivity index (χ0n) is 14.1. The number of thioether (sulfide) groups is 1. The second-order valence-electron chi connectivity index (χ2n) is 5.52. The number of amides is 1. The topological polar surface area (TPSA) is 66.9 Å². The van der Waals surface area contributed by atoms with E-state index in [1.54, 1.807) is 12.1 Å². The summed E-state index contributed by atoms with van der Waals surface area (Å²) in [5, 5.41) is 15.1. The number of nitrogens with zero attached hydrogens (tertiary/aromatic N) is 2. The summed E-state index contributed by atoms with van der Waals surface area (Å²) in [7, 11) is 0. The lowest BCUT2D eigenvalue weighted by atomic mass is 10.1. The number of carbonyl (C=O) groups excluding carboxylic acids is 1. The van der Waals surface area contributed by atoms with Gasteiger partial charge in [0.25, 0.3) is 0 Å². The Morgan fingerprint density at radius 3 is 2.78 bits per heavy atom. The maximum Gasteiger partial charge on any atom is 0.230 e. The molecule has 0 unspecified atom stereocenters. The monoisotopic (exact) mass is 422 g/mol. The van der Waals surface area contributed by atoms with Crippen molar-refractivity contribution in [2.24, 2.45) is 0 Å². The van der Waals surface area contributed by atoms with Crippen molar-refractivity contribution in [1.29, 1.82) is 0 Å². The quantitative estimate of drug-likeness (QED) is 0.522. The molecule has 2 aromatic carbocycles. The summed E-state index contributed by atoms with van der Waals surface area (Å²) in [5.41, 5.74) is 1.71. The fraction of sp³-hybridized carbons (Fsp3) is 0.167. The van der Waals surface area contributed by atoms with Crippen LogP contribution in [0.3, 0.4) is 0 Å². The normalized spacial score (nSPS) is 10.6. The Labute approximate surface area is 169 Å². The lowest BCUT2D eigenvalue weighted by Crippen LogP contribution is -2.27. The number of aromatic nitrogens is 2. The molecule has 1 aromatic heterocycles. The van der Waals surface area contributed by atoms with Crippen LogP contribution in [0.4, 0.5) is 15.2 Å². The number of carbonyl (C=O) groups is 1. The minimum absolute atomic E-state index is 0.0659. The zero-order chi connectivity index (χ0) is 19.1. The summed E-state index contributed by atoms with van der Waals surface area (Å²) in [6.45, 7) is 0.559. The number of nitrogens with one attached hydrogen (secondary N) is 2. The summed E-state index contributed by atoms with van der Waals surface area (Å²) >= 11 is 8.47. The predicted molar refractivity (Wildman–Crippen MR) is 108 cm³/mol. The average Bonchev–Trinajstić information content (AvgIpc) is 3.09. The molecular weight excluding hydrogens is 407 g/mol. The Balaban J connectivity index is 1.40. The van der Waals surface area contributed by atoms with E-state index in [9.17, 15) is 9.18 Å². The molecule has 0 spiro atoms. The van der Waals surface area contributed by atoms with E-state index in [4.69, 9.17) is 11.6 Å². The van der Waals surface area contributed by atoms with Crippen LogP contribution in [0.25, 0.3) is 0 Å². The van der Waals surface area contributed by atoms with E-state index in [-0.39, 0.29) is 17.5 Å². The van der Waals surface area contributed by atoms with Crippen LogP contribution < -0.4 is 10.6 Å². The van der Waals surface area contributed by atoms with E-state index in [0.29, 0.717) is 26.7 Å². The number of benzene rings is 2. The van der Waals surface area contributed by atoms with Gasteiger partial charge in [-0.25, -0.2) is 4.39 Å². The highest BCUT2D eigenvalue weighted by atomic mass is 35.5. The van der Waals surface area contributed by atoms with Crippen LogP contribution in [0.2, 0.25) is 5.02 Å². The van der Waals surface area contributed by atoms with Crippen LogP contribution in [-0.2, 0) is 11.2 Å². The molecule has 0 radical (unpaired) electrons. The van der Waals surface area contributed by atoms with Crippen molar-refractivity contribution in [3.8, 4) is 0 Å². The molecule has 140 valence electrons. The van der Waals surface area contributed by atoms with Gasteiger partial charge in [-0.2, -0.15) is 0 Å². The van der Waals surface area contributed by atoms with E-state index in [1.165, 1.54) is 35.2 Å². The van der Waals surface area contributed by atoms with Gasteiger partial charge in [0.1, 0.15) is 5.82 Å². The Morgan fingerprint density at radius 1 is 1.19 bits per heavy atom. The largest absolute Gasteiger partial charge is 0.355 e. The SMILES string of the molecule is O=C(CSc1nnc(Nc2cccc(F)c2)s1)NCCc1ccc(Cl)cc1. The van der Waals surface area contributed by atoms with Gasteiger partial charge in [0.05, 0.1) is 5.75 Å². The molecule has 0 fully saturated rings. The Bertz CT molecular complexity index is 904. The average molecular weight is 423 g/mol.